The zero-order valence-electron chi connectivity index (χ0n) is 10.8. The van der Waals surface area contributed by atoms with Crippen molar-refractivity contribution in [2.45, 2.75) is 31.1 Å². The Bertz CT molecular complexity index is 391. The van der Waals surface area contributed by atoms with Crippen LogP contribution in [0.2, 0.25) is 4.47 Å². The van der Waals surface area contributed by atoms with E-state index in [1.54, 1.807) is 11.8 Å². The number of aromatic nitrogens is 4. The fourth-order valence-electron chi connectivity index (χ4n) is 0.639. The molecule has 0 aliphatic rings. The summed E-state index contributed by atoms with van der Waals surface area (Å²) in [5.41, 5.74) is 0. The molecule has 0 saturated carbocycles. The maximum Gasteiger partial charge on any atom is 0.204 e. The molecule has 18 heavy (non-hydrogen) atoms. The van der Waals surface area contributed by atoms with E-state index in [0.717, 1.165) is 15.3 Å². The third-order valence-electron chi connectivity index (χ3n) is 1.26. The average Bonchev–Trinajstić information content (AvgIpc) is 3.01. The summed E-state index contributed by atoms with van der Waals surface area (Å²) in [7, 11) is 0. The molecule has 0 radical (unpaired) electrons. The van der Waals surface area contributed by atoms with E-state index >= 15 is 0 Å². The van der Waals surface area contributed by atoms with Gasteiger partial charge < -0.3 is 0 Å². The molecule has 0 aliphatic carbocycles. The van der Waals surface area contributed by atoms with Gasteiger partial charge in [-0.2, -0.15) is 13.7 Å². The summed E-state index contributed by atoms with van der Waals surface area (Å²) >= 11 is 11.2. The first-order valence-corrected chi connectivity index (χ1v) is 9.40. The SMILES string of the molecule is CC.CSc1nsc(C)n1.CSc1nsc(Cl)n1. The van der Waals surface area contributed by atoms with E-state index in [1.165, 1.54) is 34.8 Å². The third-order valence-corrected chi connectivity index (χ3v) is 4.00. The lowest BCUT2D eigenvalue weighted by Crippen LogP contribution is -1.69. The number of aryl methyl sites for hydroxylation is 1. The Hall–Kier alpha value is 0.110. The Morgan fingerprint density at radius 2 is 1.44 bits per heavy atom. The number of thioether (sulfide) groups is 2. The molecule has 0 amide bonds. The molecular weight excluding hydrogens is 328 g/mol. The zero-order valence-corrected chi connectivity index (χ0v) is 14.8. The van der Waals surface area contributed by atoms with E-state index in [4.69, 9.17) is 11.6 Å². The van der Waals surface area contributed by atoms with Crippen molar-refractivity contribution >= 4 is 58.2 Å². The summed E-state index contributed by atoms with van der Waals surface area (Å²) in [5.74, 6) is 0. The van der Waals surface area contributed by atoms with Crippen molar-refractivity contribution in [2.24, 2.45) is 0 Å². The van der Waals surface area contributed by atoms with Crippen molar-refractivity contribution in [3.8, 4) is 0 Å². The van der Waals surface area contributed by atoms with Gasteiger partial charge in [0.25, 0.3) is 0 Å². The molecule has 0 unspecified atom stereocenters. The molecule has 2 aromatic heterocycles. The molecule has 0 aliphatic heterocycles. The predicted molar refractivity (Wildman–Crippen MR) is 84.5 cm³/mol. The molecular formula is C9H15ClN4S4. The zero-order chi connectivity index (χ0) is 14.0. The highest BCUT2D eigenvalue weighted by molar-refractivity contribution is 7.98. The van der Waals surface area contributed by atoms with Crippen LogP contribution in [0.5, 0.6) is 0 Å². The Labute approximate surface area is 129 Å². The number of hydrogen-bond donors (Lipinski definition) is 0. The highest BCUT2D eigenvalue weighted by Gasteiger charge is 1.96. The minimum atomic E-state index is 0.509. The van der Waals surface area contributed by atoms with Gasteiger partial charge in [0.2, 0.25) is 9.62 Å². The van der Waals surface area contributed by atoms with Gasteiger partial charge in [0.15, 0.2) is 5.16 Å². The van der Waals surface area contributed by atoms with Crippen LogP contribution in [0, 0.1) is 6.92 Å². The number of rotatable bonds is 2. The Morgan fingerprint density at radius 3 is 1.67 bits per heavy atom. The van der Waals surface area contributed by atoms with Gasteiger partial charge in [0, 0.05) is 0 Å². The van der Waals surface area contributed by atoms with Crippen molar-refractivity contribution in [1.29, 1.82) is 0 Å². The van der Waals surface area contributed by atoms with Crippen LogP contribution in [0.3, 0.4) is 0 Å². The molecule has 2 aromatic rings. The van der Waals surface area contributed by atoms with Crippen molar-refractivity contribution < 1.29 is 0 Å². The summed E-state index contributed by atoms with van der Waals surface area (Å²) < 4.78 is 8.43. The van der Waals surface area contributed by atoms with Crippen LogP contribution in [0.15, 0.2) is 10.3 Å². The minimum absolute atomic E-state index is 0.509. The van der Waals surface area contributed by atoms with Crippen molar-refractivity contribution in [1.82, 2.24) is 18.7 Å². The molecule has 4 nitrogen and oxygen atoms in total. The van der Waals surface area contributed by atoms with Gasteiger partial charge in [-0.15, -0.1) is 0 Å². The molecule has 102 valence electrons. The van der Waals surface area contributed by atoms with E-state index in [-0.39, 0.29) is 0 Å². The van der Waals surface area contributed by atoms with E-state index in [2.05, 4.69) is 18.7 Å². The van der Waals surface area contributed by atoms with Crippen molar-refractivity contribution in [3.05, 3.63) is 9.47 Å². The predicted octanol–water partition coefficient (Wildman–Crippen LogP) is 4.51. The Balaban J connectivity index is 0.000000283. The lowest BCUT2D eigenvalue weighted by molar-refractivity contribution is 1.05. The molecule has 9 heteroatoms. The second kappa shape index (κ2) is 11.0. The van der Waals surface area contributed by atoms with E-state index in [1.807, 2.05) is 33.3 Å². The van der Waals surface area contributed by atoms with Gasteiger partial charge in [0.05, 0.1) is 0 Å². The molecule has 2 heterocycles. The largest absolute Gasteiger partial charge is 0.215 e. The van der Waals surface area contributed by atoms with Gasteiger partial charge in [-0.1, -0.05) is 37.4 Å². The molecule has 0 spiro atoms. The minimum Gasteiger partial charge on any atom is -0.215 e. The second-order valence-corrected chi connectivity index (χ2v) is 6.17. The van der Waals surface area contributed by atoms with Gasteiger partial charge >= 0.3 is 0 Å². The summed E-state index contributed by atoms with van der Waals surface area (Å²) in [4.78, 5) is 7.96. The first kappa shape index (κ1) is 18.1. The molecule has 0 aromatic carbocycles. The average molecular weight is 343 g/mol. The molecule has 0 fully saturated rings. The number of hydrogen-bond acceptors (Lipinski definition) is 8. The fraction of sp³-hybridized carbons (Fsp3) is 0.556. The lowest BCUT2D eigenvalue weighted by atomic mass is 10.8. The Kier molecular flexibility index (Phi) is 11.0. The fourth-order valence-corrected chi connectivity index (χ4v) is 2.92. The van der Waals surface area contributed by atoms with Crippen LogP contribution >= 0.6 is 58.2 Å². The monoisotopic (exact) mass is 342 g/mol. The van der Waals surface area contributed by atoms with Crippen LogP contribution in [0.4, 0.5) is 0 Å². The van der Waals surface area contributed by atoms with Crippen molar-refractivity contribution in [3.63, 3.8) is 0 Å². The summed E-state index contributed by atoms with van der Waals surface area (Å²) in [6, 6.07) is 0. The van der Waals surface area contributed by atoms with Gasteiger partial charge in [0.1, 0.15) is 5.01 Å². The van der Waals surface area contributed by atoms with Crippen molar-refractivity contribution in [2.75, 3.05) is 12.5 Å². The van der Waals surface area contributed by atoms with Crippen LogP contribution in [0.25, 0.3) is 0 Å². The van der Waals surface area contributed by atoms with E-state index in [0.29, 0.717) is 4.47 Å². The molecule has 0 N–H and O–H groups in total. The maximum atomic E-state index is 5.47. The smallest absolute Gasteiger partial charge is 0.204 e. The molecule has 0 saturated heterocycles. The lowest BCUT2D eigenvalue weighted by Gasteiger charge is -1.76. The van der Waals surface area contributed by atoms with Crippen LogP contribution < -0.4 is 0 Å². The highest BCUT2D eigenvalue weighted by atomic mass is 35.5. The van der Waals surface area contributed by atoms with Gasteiger partial charge in [-0.05, 0) is 54.1 Å². The highest BCUT2D eigenvalue weighted by Crippen LogP contribution is 2.16. The first-order valence-electron chi connectivity index (χ1n) is 5.03. The van der Waals surface area contributed by atoms with E-state index in [9.17, 15) is 0 Å². The second-order valence-electron chi connectivity index (χ2n) is 2.33. The van der Waals surface area contributed by atoms with Crippen LogP contribution in [-0.4, -0.2) is 31.2 Å². The Morgan fingerprint density at radius 1 is 0.944 bits per heavy atom. The standard InChI is InChI=1S/C4H6N2S2.C3H3ClN2S2.C2H6/c1-3-5-4(7-2)6-8-3;1-7-3-5-2(4)8-6-3;1-2/h1-2H3;1H3;1-2H3. The summed E-state index contributed by atoms with van der Waals surface area (Å²) in [6.45, 7) is 5.96. The number of halogens is 1. The van der Waals surface area contributed by atoms with Gasteiger partial charge in [-0.3, -0.25) is 0 Å². The normalized spacial score (nSPS) is 9.00. The topological polar surface area (TPSA) is 51.6 Å². The summed E-state index contributed by atoms with van der Waals surface area (Å²) in [5, 5.41) is 2.67. The summed E-state index contributed by atoms with van der Waals surface area (Å²) in [6.07, 6.45) is 3.89. The molecule has 2 rings (SSSR count). The molecule has 0 atom stereocenters. The number of nitrogens with zero attached hydrogens (tertiary/aromatic N) is 4. The quantitative estimate of drug-likeness (QED) is 0.748. The van der Waals surface area contributed by atoms with Crippen LogP contribution in [0.1, 0.15) is 18.9 Å². The third kappa shape index (κ3) is 7.52. The van der Waals surface area contributed by atoms with Gasteiger partial charge in [-0.25, -0.2) is 4.98 Å². The first-order chi connectivity index (χ1) is 8.65. The van der Waals surface area contributed by atoms with E-state index < -0.39 is 0 Å². The maximum absolute atomic E-state index is 5.47. The van der Waals surface area contributed by atoms with Crippen LogP contribution in [-0.2, 0) is 0 Å². The molecule has 0 bridgehead atoms.